The molecule has 156 valence electrons. The molecule has 7 heteroatoms. The van der Waals surface area contributed by atoms with Gasteiger partial charge in [-0.25, -0.2) is 4.90 Å². The van der Waals surface area contributed by atoms with Crippen LogP contribution in [-0.2, 0) is 9.59 Å². The molecule has 0 radical (unpaired) electrons. The fourth-order valence-electron chi connectivity index (χ4n) is 3.94. The van der Waals surface area contributed by atoms with Crippen molar-refractivity contribution in [1.82, 2.24) is 4.90 Å². The molecule has 2 heterocycles. The number of amides is 2. The normalized spacial score (nSPS) is 17.9. The topological polar surface area (TPSA) is 49.9 Å². The summed E-state index contributed by atoms with van der Waals surface area (Å²) >= 11 is 12.5. The summed E-state index contributed by atoms with van der Waals surface area (Å²) in [5.74, 6) is 0.503. The van der Waals surface area contributed by atoms with E-state index in [4.69, 9.17) is 27.9 Å². The van der Waals surface area contributed by atoms with E-state index in [0.717, 1.165) is 30.8 Å². The third kappa shape index (κ3) is 3.68. The number of anilines is 1. The molecule has 0 N–H and O–H groups in total. The summed E-state index contributed by atoms with van der Waals surface area (Å²) < 4.78 is 5.23. The van der Waals surface area contributed by atoms with Crippen molar-refractivity contribution >= 4 is 46.3 Å². The maximum absolute atomic E-state index is 13.5. The first kappa shape index (κ1) is 20.8. The zero-order chi connectivity index (χ0) is 21.4. The van der Waals surface area contributed by atoms with Gasteiger partial charge in [0.1, 0.15) is 11.4 Å². The number of imide groups is 1. The van der Waals surface area contributed by atoms with E-state index < -0.39 is 5.91 Å². The van der Waals surface area contributed by atoms with Gasteiger partial charge in [-0.1, -0.05) is 42.3 Å². The minimum atomic E-state index is -0.400. The van der Waals surface area contributed by atoms with Crippen molar-refractivity contribution in [2.45, 2.75) is 19.8 Å². The van der Waals surface area contributed by atoms with Crippen LogP contribution in [-0.4, -0.2) is 36.9 Å². The summed E-state index contributed by atoms with van der Waals surface area (Å²) in [6, 6.07) is 11.9. The lowest BCUT2D eigenvalue weighted by molar-refractivity contribution is -0.120. The predicted octanol–water partition coefficient (Wildman–Crippen LogP) is 5.02. The van der Waals surface area contributed by atoms with Gasteiger partial charge in [0.25, 0.3) is 11.8 Å². The molecule has 1 saturated heterocycles. The molecule has 0 aromatic heterocycles. The number of hydrogen-bond donors (Lipinski definition) is 0. The Morgan fingerprint density at radius 1 is 0.967 bits per heavy atom. The number of methoxy groups -OCH3 is 1. The zero-order valence-corrected chi connectivity index (χ0v) is 18.3. The van der Waals surface area contributed by atoms with Gasteiger partial charge < -0.3 is 9.64 Å². The standard InChI is InChI=1S/C23H22Cl2N2O3/c1-14-9-11-26(12-10-14)21-20(15-3-6-17(30-2)7-4-15)22(28)27(23(21)29)19-13-16(24)5-8-18(19)25/h3-8,13-14H,9-12H2,1-2H3. The third-order valence-electron chi connectivity index (χ3n) is 5.69. The fraction of sp³-hybridized carbons (Fsp3) is 0.304. The first-order valence-electron chi connectivity index (χ1n) is 9.88. The Kier molecular flexibility index (Phi) is 5.76. The van der Waals surface area contributed by atoms with Crippen LogP contribution >= 0.6 is 23.2 Å². The molecule has 30 heavy (non-hydrogen) atoms. The smallest absolute Gasteiger partial charge is 0.282 e. The first-order chi connectivity index (χ1) is 14.4. The van der Waals surface area contributed by atoms with Crippen LogP contribution in [0.5, 0.6) is 5.75 Å². The van der Waals surface area contributed by atoms with Crippen LogP contribution in [0.1, 0.15) is 25.3 Å². The largest absolute Gasteiger partial charge is 0.497 e. The first-order valence-corrected chi connectivity index (χ1v) is 10.6. The van der Waals surface area contributed by atoms with Crippen molar-refractivity contribution in [1.29, 1.82) is 0 Å². The van der Waals surface area contributed by atoms with Crippen LogP contribution in [0.2, 0.25) is 10.0 Å². The van der Waals surface area contributed by atoms with E-state index in [1.54, 1.807) is 49.6 Å². The summed E-state index contributed by atoms with van der Waals surface area (Å²) in [7, 11) is 1.59. The molecule has 2 amide bonds. The van der Waals surface area contributed by atoms with E-state index in [9.17, 15) is 9.59 Å². The number of rotatable bonds is 4. The highest BCUT2D eigenvalue weighted by Crippen LogP contribution is 2.39. The Labute approximate surface area is 185 Å². The van der Waals surface area contributed by atoms with E-state index in [1.165, 1.54) is 0 Å². The molecule has 4 rings (SSSR count). The van der Waals surface area contributed by atoms with Crippen molar-refractivity contribution in [2.24, 2.45) is 5.92 Å². The predicted molar refractivity (Wildman–Crippen MR) is 119 cm³/mol. The van der Waals surface area contributed by atoms with Gasteiger partial charge in [-0.15, -0.1) is 0 Å². The molecular formula is C23H22Cl2N2O3. The molecule has 2 aromatic carbocycles. The van der Waals surface area contributed by atoms with Gasteiger partial charge in [-0.3, -0.25) is 9.59 Å². The number of piperidine rings is 1. The highest BCUT2D eigenvalue weighted by molar-refractivity contribution is 6.47. The van der Waals surface area contributed by atoms with E-state index >= 15 is 0 Å². The van der Waals surface area contributed by atoms with Gasteiger partial charge in [0, 0.05) is 18.1 Å². The minimum absolute atomic E-state index is 0.295. The van der Waals surface area contributed by atoms with Crippen LogP contribution in [0, 0.1) is 5.92 Å². The molecule has 0 atom stereocenters. The molecule has 0 unspecified atom stereocenters. The summed E-state index contributed by atoms with van der Waals surface area (Å²) in [5.41, 5.74) is 1.77. The summed E-state index contributed by atoms with van der Waals surface area (Å²) in [6.45, 7) is 3.66. The Balaban J connectivity index is 1.82. The maximum Gasteiger partial charge on any atom is 0.282 e. The summed E-state index contributed by atoms with van der Waals surface area (Å²) in [4.78, 5) is 30.3. The average molecular weight is 445 g/mol. The molecule has 5 nitrogen and oxygen atoms in total. The number of carbonyl (C=O) groups excluding carboxylic acids is 2. The molecule has 0 bridgehead atoms. The van der Waals surface area contributed by atoms with Gasteiger partial charge in [-0.2, -0.15) is 0 Å². The highest BCUT2D eigenvalue weighted by Gasteiger charge is 2.43. The molecule has 2 aliphatic heterocycles. The highest BCUT2D eigenvalue weighted by atomic mass is 35.5. The maximum atomic E-state index is 13.5. The number of likely N-dealkylation sites (tertiary alicyclic amines) is 1. The van der Waals surface area contributed by atoms with Gasteiger partial charge in [0.05, 0.1) is 23.4 Å². The van der Waals surface area contributed by atoms with Crippen molar-refractivity contribution in [2.75, 3.05) is 25.1 Å². The number of halogens is 2. The van der Waals surface area contributed by atoms with E-state index in [0.29, 0.717) is 44.2 Å². The van der Waals surface area contributed by atoms with Crippen LogP contribution in [0.4, 0.5) is 5.69 Å². The van der Waals surface area contributed by atoms with Crippen molar-refractivity contribution in [3.63, 3.8) is 0 Å². The molecule has 0 aliphatic carbocycles. The number of nitrogens with zero attached hydrogens (tertiary/aromatic N) is 2. The van der Waals surface area contributed by atoms with Crippen LogP contribution < -0.4 is 9.64 Å². The van der Waals surface area contributed by atoms with Crippen LogP contribution in [0.25, 0.3) is 5.57 Å². The number of benzene rings is 2. The number of ether oxygens (including phenoxy) is 1. The summed E-state index contributed by atoms with van der Waals surface area (Å²) in [5, 5.41) is 0.699. The second kappa shape index (κ2) is 8.32. The Morgan fingerprint density at radius 3 is 2.27 bits per heavy atom. The molecular weight excluding hydrogens is 423 g/mol. The van der Waals surface area contributed by atoms with Crippen LogP contribution in [0.3, 0.4) is 0 Å². The van der Waals surface area contributed by atoms with Gasteiger partial charge in [-0.05, 0) is 54.7 Å². The molecule has 1 fully saturated rings. The molecule has 0 spiro atoms. The summed E-state index contributed by atoms with van der Waals surface area (Å²) in [6.07, 6.45) is 1.94. The second-order valence-electron chi connectivity index (χ2n) is 7.66. The van der Waals surface area contributed by atoms with E-state index in [2.05, 4.69) is 6.92 Å². The molecule has 0 saturated carbocycles. The van der Waals surface area contributed by atoms with E-state index in [1.807, 2.05) is 4.90 Å². The Morgan fingerprint density at radius 2 is 1.63 bits per heavy atom. The molecule has 2 aromatic rings. The lowest BCUT2D eigenvalue weighted by Gasteiger charge is -2.32. The monoisotopic (exact) mass is 444 g/mol. The van der Waals surface area contributed by atoms with Gasteiger partial charge in [0.2, 0.25) is 0 Å². The van der Waals surface area contributed by atoms with Crippen LogP contribution in [0.15, 0.2) is 48.2 Å². The van der Waals surface area contributed by atoms with Gasteiger partial charge in [0.15, 0.2) is 0 Å². The lowest BCUT2D eigenvalue weighted by Crippen LogP contribution is -2.38. The molecule has 2 aliphatic rings. The SMILES string of the molecule is COc1ccc(C2=C(N3CCC(C)CC3)C(=O)N(c3cc(Cl)ccc3Cl)C2=O)cc1. The van der Waals surface area contributed by atoms with Crippen molar-refractivity contribution in [3.8, 4) is 5.75 Å². The van der Waals surface area contributed by atoms with Crippen molar-refractivity contribution < 1.29 is 14.3 Å². The second-order valence-corrected chi connectivity index (χ2v) is 8.51. The van der Waals surface area contributed by atoms with E-state index in [-0.39, 0.29) is 5.91 Å². The fourth-order valence-corrected chi connectivity index (χ4v) is 4.31. The average Bonchev–Trinajstić information content (AvgIpc) is 3.00. The zero-order valence-electron chi connectivity index (χ0n) is 16.8. The Bertz CT molecular complexity index is 1030. The number of carbonyl (C=O) groups is 2. The van der Waals surface area contributed by atoms with Gasteiger partial charge >= 0.3 is 0 Å². The number of hydrogen-bond acceptors (Lipinski definition) is 4. The third-order valence-corrected chi connectivity index (χ3v) is 6.24. The Hall–Kier alpha value is -2.50. The minimum Gasteiger partial charge on any atom is -0.497 e. The lowest BCUT2D eigenvalue weighted by atomic mass is 9.97. The quantitative estimate of drug-likeness (QED) is 0.621. The van der Waals surface area contributed by atoms with Crippen molar-refractivity contribution in [3.05, 3.63) is 63.8 Å².